The number of nitriles is 1. The van der Waals surface area contributed by atoms with Gasteiger partial charge in [0.05, 0.1) is 12.8 Å². The molecular weight excluding hydrogens is 485 g/mol. The van der Waals surface area contributed by atoms with Gasteiger partial charge in [0, 0.05) is 17.9 Å². The molecular formula is C15H18N7O7PS2. The van der Waals surface area contributed by atoms with E-state index in [4.69, 9.17) is 4.52 Å². The molecule has 3 heterocycles. The van der Waals surface area contributed by atoms with E-state index in [1.165, 1.54) is 0 Å². The van der Waals surface area contributed by atoms with Crippen LogP contribution in [0.25, 0.3) is 0 Å². The molecule has 2 unspecified atom stereocenters. The van der Waals surface area contributed by atoms with Gasteiger partial charge in [-0.1, -0.05) is 11.8 Å². The van der Waals surface area contributed by atoms with Crippen molar-refractivity contribution in [3.8, 4) is 6.19 Å². The van der Waals surface area contributed by atoms with Crippen molar-refractivity contribution >= 4 is 48.9 Å². The lowest BCUT2D eigenvalue weighted by atomic mass is 10.0. The number of rotatable bonds is 9. The number of nitrogens with zero attached hydrogens (tertiary/aromatic N) is 6. The van der Waals surface area contributed by atoms with Crippen molar-refractivity contribution in [2.45, 2.75) is 35.7 Å². The smallest absolute Gasteiger partial charge is 0.352 e. The highest BCUT2D eigenvalue weighted by Gasteiger charge is 2.57. The number of β-lactam (4-membered cyclic amide) rings is 1. The Kier molecular flexibility index (Phi) is 7.25. The highest BCUT2D eigenvalue weighted by atomic mass is 32.2. The second kappa shape index (κ2) is 9.59. The van der Waals surface area contributed by atoms with E-state index < -0.39 is 48.2 Å². The van der Waals surface area contributed by atoms with Gasteiger partial charge < -0.3 is 14.5 Å². The first kappa shape index (κ1) is 24.2. The third-order valence-corrected chi connectivity index (χ3v) is 8.75. The average Bonchev–Trinajstić information content (AvgIpc) is 3.22. The zero-order chi connectivity index (χ0) is 23.6. The van der Waals surface area contributed by atoms with Crippen LogP contribution in [-0.2, 0) is 23.5 Å². The number of carbonyl (C=O) groups excluding carboxylic acids is 2. The van der Waals surface area contributed by atoms with Gasteiger partial charge in [-0.25, -0.2) is 14.8 Å². The molecule has 17 heteroatoms. The Labute approximate surface area is 189 Å². The quantitative estimate of drug-likeness (QED) is 0.132. The number of aromatic nitrogens is 4. The summed E-state index contributed by atoms with van der Waals surface area (Å²) in [6.07, 6.45) is 1.21. The molecule has 2 aliphatic rings. The summed E-state index contributed by atoms with van der Waals surface area (Å²) in [6, 6.07) is -1.12. The summed E-state index contributed by atoms with van der Waals surface area (Å²) in [7, 11) is -4.11. The third kappa shape index (κ3) is 4.66. The summed E-state index contributed by atoms with van der Waals surface area (Å²) in [5.41, 5.74) is -0.162. The molecule has 0 spiro atoms. The van der Waals surface area contributed by atoms with Crippen LogP contribution in [0, 0.1) is 11.5 Å². The number of carboxylic acid groups (broad SMARTS) is 1. The van der Waals surface area contributed by atoms with Crippen LogP contribution in [0.1, 0.15) is 13.8 Å². The fourth-order valence-corrected chi connectivity index (χ4v) is 7.69. The topological polar surface area (TPSA) is 203 Å². The molecule has 3 rings (SSSR count). The summed E-state index contributed by atoms with van der Waals surface area (Å²) >= 11 is 2.07. The van der Waals surface area contributed by atoms with E-state index in [0.29, 0.717) is 4.90 Å². The van der Waals surface area contributed by atoms with Gasteiger partial charge in [0.2, 0.25) is 11.1 Å². The lowest BCUT2D eigenvalue weighted by Gasteiger charge is -2.51. The van der Waals surface area contributed by atoms with E-state index in [2.05, 4.69) is 20.6 Å². The fraction of sp³-hybridized carbons (Fsp3) is 0.533. The number of hydrogen-bond acceptors (Lipinski definition) is 11. The maximum atomic E-state index is 12.8. The Balaban J connectivity index is 2.00. The standard InChI is InChI=1S/C15H18N7O7PS2/c1-3-29-30(27,28)4-9(32-15-17-19-20-18-15)8-5-31-13-11(21(6-16)7(2)23)12(24)22(13)10(8)14(25)26/h9,11,13H,3-5H2,1-2H3,(H,25,26)(H,27,28)(H,17,18,19,20)/t9?,11-,13+/m1/s1. The number of aliphatic carboxylic acids is 1. The number of aromatic amines is 1. The Morgan fingerprint density at radius 2 is 2.28 bits per heavy atom. The summed E-state index contributed by atoms with van der Waals surface area (Å²) in [5, 5.41) is 30.7. The van der Waals surface area contributed by atoms with E-state index in [9.17, 15) is 34.2 Å². The van der Waals surface area contributed by atoms with E-state index >= 15 is 0 Å². The van der Waals surface area contributed by atoms with Crippen LogP contribution in [-0.4, -0.2) is 93.4 Å². The van der Waals surface area contributed by atoms with Crippen molar-refractivity contribution in [1.29, 1.82) is 5.26 Å². The normalized spacial score (nSPS) is 22.9. The SMILES string of the molecule is CCOP(=O)(O)CC(Sc1nnn[nH]1)C1=C(C(=O)O)N2C(=O)[C@@H](N(C#N)C(C)=O)[C@@H]2SC1. The van der Waals surface area contributed by atoms with Gasteiger partial charge in [-0.2, -0.15) is 5.26 Å². The number of H-pyrrole nitrogens is 1. The predicted molar refractivity (Wildman–Crippen MR) is 110 cm³/mol. The molecule has 3 N–H and O–H groups in total. The van der Waals surface area contributed by atoms with Gasteiger partial charge >= 0.3 is 13.6 Å². The van der Waals surface area contributed by atoms with Crippen molar-refractivity contribution in [2.24, 2.45) is 0 Å². The van der Waals surface area contributed by atoms with Gasteiger partial charge in [-0.15, -0.1) is 16.9 Å². The zero-order valence-corrected chi connectivity index (χ0v) is 19.3. The Bertz CT molecular complexity index is 1040. The van der Waals surface area contributed by atoms with Crippen LogP contribution in [0.2, 0.25) is 0 Å². The highest BCUT2D eigenvalue weighted by molar-refractivity contribution is 8.01. The second-order valence-electron chi connectivity index (χ2n) is 6.57. The van der Waals surface area contributed by atoms with Crippen molar-refractivity contribution in [1.82, 2.24) is 30.4 Å². The number of amides is 2. The number of hydrogen-bond donors (Lipinski definition) is 3. The highest BCUT2D eigenvalue weighted by Crippen LogP contribution is 2.50. The Hall–Kier alpha value is -2.44. The minimum Gasteiger partial charge on any atom is -0.477 e. The van der Waals surface area contributed by atoms with E-state index in [1.807, 2.05) is 0 Å². The monoisotopic (exact) mass is 503 g/mol. The first-order valence-electron chi connectivity index (χ1n) is 9.08. The van der Waals surface area contributed by atoms with Gasteiger partial charge in [0.15, 0.2) is 12.2 Å². The first-order chi connectivity index (χ1) is 15.1. The van der Waals surface area contributed by atoms with Crippen LogP contribution in [0.3, 0.4) is 0 Å². The zero-order valence-electron chi connectivity index (χ0n) is 16.7. The van der Waals surface area contributed by atoms with Crippen LogP contribution >= 0.6 is 31.1 Å². The lowest BCUT2D eigenvalue weighted by Crippen LogP contribution is -2.70. The summed E-state index contributed by atoms with van der Waals surface area (Å²) in [6.45, 7) is 2.65. The van der Waals surface area contributed by atoms with Crippen molar-refractivity contribution in [3.63, 3.8) is 0 Å². The van der Waals surface area contributed by atoms with Crippen LogP contribution in [0.4, 0.5) is 0 Å². The van der Waals surface area contributed by atoms with E-state index in [0.717, 1.165) is 35.3 Å². The molecule has 0 radical (unpaired) electrons. The third-order valence-electron chi connectivity index (χ3n) is 4.59. The van der Waals surface area contributed by atoms with E-state index in [1.54, 1.807) is 13.1 Å². The van der Waals surface area contributed by atoms with Crippen LogP contribution < -0.4 is 0 Å². The van der Waals surface area contributed by atoms with Crippen LogP contribution in [0.15, 0.2) is 16.4 Å². The van der Waals surface area contributed by atoms with Gasteiger partial charge in [-0.3, -0.25) is 19.1 Å². The molecule has 1 aromatic heterocycles. The molecule has 14 nitrogen and oxygen atoms in total. The lowest BCUT2D eigenvalue weighted by molar-refractivity contribution is -0.156. The first-order valence-corrected chi connectivity index (χ1v) is 12.8. The van der Waals surface area contributed by atoms with Crippen LogP contribution in [0.5, 0.6) is 0 Å². The molecule has 172 valence electrons. The van der Waals surface area contributed by atoms with Gasteiger partial charge in [0.1, 0.15) is 11.1 Å². The number of fused-ring (bicyclic) bond motifs is 1. The Morgan fingerprint density at radius 1 is 1.56 bits per heavy atom. The minimum absolute atomic E-state index is 0.0297. The van der Waals surface area contributed by atoms with Crippen molar-refractivity contribution in [3.05, 3.63) is 11.3 Å². The fourth-order valence-electron chi connectivity index (χ4n) is 3.32. The number of tetrazole rings is 1. The predicted octanol–water partition coefficient (Wildman–Crippen LogP) is -0.166. The second-order valence-corrected chi connectivity index (χ2v) is 10.8. The Morgan fingerprint density at radius 3 is 2.81 bits per heavy atom. The van der Waals surface area contributed by atoms with E-state index in [-0.39, 0.29) is 28.8 Å². The maximum Gasteiger partial charge on any atom is 0.352 e. The molecule has 1 saturated heterocycles. The van der Waals surface area contributed by atoms with Gasteiger partial charge in [-0.05, 0) is 22.9 Å². The molecule has 0 bridgehead atoms. The minimum atomic E-state index is -4.11. The molecule has 0 aromatic carbocycles. The number of thioether (sulfide) groups is 2. The molecule has 0 saturated carbocycles. The molecule has 1 fully saturated rings. The molecule has 32 heavy (non-hydrogen) atoms. The molecule has 2 amide bonds. The number of carboxylic acids is 1. The summed E-state index contributed by atoms with van der Waals surface area (Å²) < 4.78 is 17.4. The van der Waals surface area contributed by atoms with Gasteiger partial charge in [0.25, 0.3) is 5.91 Å². The maximum absolute atomic E-state index is 12.8. The molecule has 0 aliphatic carbocycles. The largest absolute Gasteiger partial charge is 0.477 e. The molecule has 1 aromatic rings. The summed E-state index contributed by atoms with van der Waals surface area (Å²) in [5.74, 6) is -2.72. The molecule has 2 aliphatic heterocycles. The average molecular weight is 503 g/mol. The summed E-state index contributed by atoms with van der Waals surface area (Å²) in [4.78, 5) is 48.5. The molecule has 4 atom stereocenters. The van der Waals surface area contributed by atoms with Crippen molar-refractivity contribution in [2.75, 3.05) is 18.5 Å². The number of nitrogens with one attached hydrogen (secondary N) is 1. The van der Waals surface area contributed by atoms with Crippen molar-refractivity contribution < 1.29 is 33.5 Å². The number of carbonyl (C=O) groups is 3.